The van der Waals surface area contributed by atoms with E-state index in [4.69, 9.17) is 5.73 Å². The Kier molecular flexibility index (Phi) is 4.62. The van der Waals surface area contributed by atoms with E-state index in [1.54, 1.807) is 11.3 Å². The van der Waals surface area contributed by atoms with Crippen LogP contribution in [0.15, 0.2) is 11.4 Å². The summed E-state index contributed by atoms with van der Waals surface area (Å²) in [6.07, 6.45) is 2.41. The summed E-state index contributed by atoms with van der Waals surface area (Å²) in [4.78, 5) is 15.2. The first-order valence-corrected chi connectivity index (χ1v) is 7.51. The molecule has 3 nitrogen and oxygen atoms in total. The third-order valence-electron chi connectivity index (χ3n) is 3.48. The zero-order valence-corrected chi connectivity index (χ0v) is 12.3. The van der Waals surface area contributed by atoms with Crippen molar-refractivity contribution >= 4 is 17.2 Å². The van der Waals surface area contributed by atoms with Crippen LogP contribution >= 0.6 is 11.3 Å². The second kappa shape index (κ2) is 6.23. The van der Waals surface area contributed by atoms with E-state index in [9.17, 15) is 4.79 Å². The summed E-state index contributed by atoms with van der Waals surface area (Å²) in [5.74, 6) is 6.89. The highest BCUT2D eigenvalue weighted by Gasteiger charge is 2.33. The molecular formula is C15H20N2OS. The smallest absolute Gasteiger partial charge is 0.225 e. The van der Waals surface area contributed by atoms with Crippen LogP contribution in [-0.2, 0) is 11.3 Å². The summed E-state index contributed by atoms with van der Waals surface area (Å²) in [6, 6.07) is 2.04. The second-order valence-corrected chi connectivity index (χ2v) is 6.12. The van der Waals surface area contributed by atoms with Crippen LogP contribution in [0.5, 0.6) is 0 Å². The molecule has 1 fully saturated rings. The van der Waals surface area contributed by atoms with Crippen molar-refractivity contribution in [3.63, 3.8) is 0 Å². The van der Waals surface area contributed by atoms with Crippen LogP contribution in [0.4, 0.5) is 0 Å². The first-order valence-electron chi connectivity index (χ1n) is 6.63. The number of rotatable bonds is 4. The van der Waals surface area contributed by atoms with Gasteiger partial charge >= 0.3 is 0 Å². The van der Waals surface area contributed by atoms with Gasteiger partial charge in [-0.2, -0.15) is 0 Å². The first kappa shape index (κ1) is 14.1. The fourth-order valence-electron chi connectivity index (χ4n) is 2.14. The second-order valence-electron chi connectivity index (χ2n) is 5.13. The summed E-state index contributed by atoms with van der Waals surface area (Å²) in [5.41, 5.74) is 6.34. The molecule has 0 spiro atoms. The van der Waals surface area contributed by atoms with Crippen LogP contribution in [0.2, 0.25) is 0 Å². The molecule has 2 N–H and O–H groups in total. The molecule has 4 heteroatoms. The highest BCUT2D eigenvalue weighted by molar-refractivity contribution is 7.10. The van der Waals surface area contributed by atoms with Gasteiger partial charge in [0.15, 0.2) is 0 Å². The lowest BCUT2D eigenvalue weighted by Crippen LogP contribution is -2.31. The molecule has 102 valence electrons. The van der Waals surface area contributed by atoms with Crippen LogP contribution < -0.4 is 5.73 Å². The van der Waals surface area contributed by atoms with Crippen LogP contribution in [0, 0.1) is 23.7 Å². The Bertz CT molecular complexity index is 508. The quantitative estimate of drug-likeness (QED) is 0.856. The highest BCUT2D eigenvalue weighted by Crippen LogP contribution is 2.37. The molecule has 1 atom stereocenters. The Morgan fingerprint density at radius 2 is 2.37 bits per heavy atom. The number of carbonyl (C=O) groups is 1. The number of hydrogen-bond acceptors (Lipinski definition) is 3. The minimum absolute atomic E-state index is 0.168. The van der Waals surface area contributed by atoms with Gasteiger partial charge in [0.05, 0.1) is 13.1 Å². The number of nitrogens with two attached hydrogens (primary N) is 1. The van der Waals surface area contributed by atoms with Gasteiger partial charge in [0.1, 0.15) is 0 Å². The summed E-state index contributed by atoms with van der Waals surface area (Å²) >= 11 is 1.64. The summed E-state index contributed by atoms with van der Waals surface area (Å²) in [5, 5.41) is 2.01. The number of nitrogens with zero attached hydrogens (tertiary/aromatic N) is 1. The lowest BCUT2D eigenvalue weighted by atomic mass is 10.1. The van der Waals surface area contributed by atoms with Crippen LogP contribution in [0.1, 0.15) is 30.2 Å². The molecule has 0 radical (unpaired) electrons. The standard InChI is InChI=1S/C15H20N2OS/c1-11(13-5-6-13)15(18)17(2)9-14-8-12(10-19-14)4-3-7-16/h8,10-11,13H,5-7,9,16H2,1-2H3. The average molecular weight is 276 g/mol. The lowest BCUT2D eigenvalue weighted by Gasteiger charge is -2.20. The van der Waals surface area contributed by atoms with Gasteiger partial charge in [0.25, 0.3) is 0 Å². The maximum atomic E-state index is 12.2. The molecule has 1 saturated carbocycles. The highest BCUT2D eigenvalue weighted by atomic mass is 32.1. The van der Waals surface area contributed by atoms with Crippen molar-refractivity contribution in [1.82, 2.24) is 4.90 Å². The van der Waals surface area contributed by atoms with Crippen LogP contribution in [0.3, 0.4) is 0 Å². The normalized spacial score (nSPS) is 15.5. The minimum Gasteiger partial charge on any atom is -0.340 e. The summed E-state index contributed by atoms with van der Waals surface area (Å²) in [7, 11) is 1.88. The third-order valence-corrected chi connectivity index (χ3v) is 4.40. The molecule has 0 saturated heterocycles. The Hall–Kier alpha value is -1.31. The van der Waals surface area contributed by atoms with E-state index in [2.05, 4.69) is 11.8 Å². The van der Waals surface area contributed by atoms with E-state index in [0.717, 1.165) is 5.56 Å². The van der Waals surface area contributed by atoms with Gasteiger partial charge in [-0.25, -0.2) is 0 Å². The molecule has 0 aliphatic heterocycles. The predicted molar refractivity (Wildman–Crippen MR) is 78.6 cm³/mol. The Labute approximate surface area is 118 Å². The monoisotopic (exact) mass is 276 g/mol. The molecule has 1 amide bonds. The molecule has 0 bridgehead atoms. The van der Waals surface area contributed by atoms with Crippen molar-refractivity contribution in [2.24, 2.45) is 17.6 Å². The van der Waals surface area contributed by atoms with Crippen molar-refractivity contribution in [2.45, 2.75) is 26.3 Å². The van der Waals surface area contributed by atoms with Gasteiger partial charge < -0.3 is 10.6 Å². The fraction of sp³-hybridized carbons (Fsp3) is 0.533. The van der Waals surface area contributed by atoms with Gasteiger partial charge in [-0.15, -0.1) is 11.3 Å². The van der Waals surface area contributed by atoms with E-state index in [0.29, 0.717) is 19.0 Å². The van der Waals surface area contributed by atoms with Gasteiger partial charge in [0, 0.05) is 28.8 Å². The lowest BCUT2D eigenvalue weighted by molar-refractivity contribution is -0.134. The van der Waals surface area contributed by atoms with E-state index in [1.807, 2.05) is 30.3 Å². The molecule has 2 rings (SSSR count). The minimum atomic E-state index is 0.168. The molecule has 1 aliphatic carbocycles. The van der Waals surface area contributed by atoms with Crippen LogP contribution in [-0.4, -0.2) is 24.4 Å². The maximum absolute atomic E-state index is 12.2. The van der Waals surface area contributed by atoms with Crippen molar-refractivity contribution in [3.8, 4) is 11.8 Å². The number of carbonyl (C=O) groups excluding carboxylic acids is 1. The Balaban J connectivity index is 1.92. The molecule has 1 heterocycles. The van der Waals surface area contributed by atoms with Crippen molar-refractivity contribution in [1.29, 1.82) is 0 Å². The molecule has 1 aromatic rings. The van der Waals surface area contributed by atoms with Gasteiger partial charge in [-0.1, -0.05) is 18.8 Å². The maximum Gasteiger partial charge on any atom is 0.225 e. The van der Waals surface area contributed by atoms with Gasteiger partial charge in [-0.05, 0) is 24.8 Å². The predicted octanol–water partition coefficient (Wildman–Crippen LogP) is 2.06. The topological polar surface area (TPSA) is 46.3 Å². The largest absolute Gasteiger partial charge is 0.340 e. The zero-order chi connectivity index (χ0) is 13.8. The van der Waals surface area contributed by atoms with E-state index in [-0.39, 0.29) is 11.8 Å². The van der Waals surface area contributed by atoms with Gasteiger partial charge in [-0.3, -0.25) is 4.79 Å². The van der Waals surface area contributed by atoms with E-state index in [1.165, 1.54) is 17.7 Å². The summed E-state index contributed by atoms with van der Waals surface area (Å²) in [6.45, 7) is 3.09. The van der Waals surface area contributed by atoms with Gasteiger partial charge in [0.2, 0.25) is 5.91 Å². The molecule has 1 unspecified atom stereocenters. The molecule has 1 aliphatic rings. The fourth-order valence-corrected chi connectivity index (χ4v) is 3.01. The SMILES string of the molecule is CC(C(=O)N(C)Cc1cc(C#CCN)cs1)C1CC1. The van der Waals surface area contributed by atoms with E-state index >= 15 is 0 Å². The van der Waals surface area contributed by atoms with Crippen molar-refractivity contribution in [2.75, 3.05) is 13.6 Å². The summed E-state index contributed by atoms with van der Waals surface area (Å²) < 4.78 is 0. The van der Waals surface area contributed by atoms with Crippen LogP contribution in [0.25, 0.3) is 0 Å². The zero-order valence-electron chi connectivity index (χ0n) is 11.5. The molecule has 19 heavy (non-hydrogen) atoms. The van der Waals surface area contributed by atoms with E-state index < -0.39 is 0 Å². The number of amides is 1. The first-order chi connectivity index (χ1) is 9.11. The van der Waals surface area contributed by atoms with Crippen molar-refractivity contribution < 1.29 is 4.79 Å². The third kappa shape index (κ3) is 3.82. The van der Waals surface area contributed by atoms with Crippen molar-refractivity contribution in [3.05, 3.63) is 21.9 Å². The Morgan fingerprint density at radius 3 is 3.00 bits per heavy atom. The Morgan fingerprint density at radius 1 is 1.63 bits per heavy atom. The molecular weight excluding hydrogens is 256 g/mol. The molecule has 0 aromatic carbocycles. The number of thiophene rings is 1. The number of hydrogen-bond donors (Lipinski definition) is 1. The average Bonchev–Trinajstić information content (AvgIpc) is 3.16. The molecule has 1 aromatic heterocycles.